The zero-order valence-corrected chi connectivity index (χ0v) is 20.4. The minimum Gasteiger partial charge on any atom is -0.321 e. The smallest absolute Gasteiger partial charge is 0.255 e. The predicted octanol–water partition coefficient (Wildman–Crippen LogP) is 5.64. The van der Waals surface area contributed by atoms with Crippen molar-refractivity contribution in [2.75, 3.05) is 18.4 Å². The second kappa shape index (κ2) is 9.29. The van der Waals surface area contributed by atoms with Crippen LogP contribution in [0, 0.1) is 5.92 Å². The van der Waals surface area contributed by atoms with E-state index in [1.165, 1.54) is 12.1 Å². The molecule has 1 aromatic heterocycles. The molecular formula is C26H25N3O3S2. The van der Waals surface area contributed by atoms with Gasteiger partial charge in [0.2, 0.25) is 10.0 Å². The number of fused-ring (bicyclic) bond motifs is 1. The van der Waals surface area contributed by atoms with Gasteiger partial charge in [0.05, 0.1) is 20.8 Å². The van der Waals surface area contributed by atoms with Gasteiger partial charge < -0.3 is 5.32 Å². The number of anilines is 1. The van der Waals surface area contributed by atoms with Gasteiger partial charge in [-0.15, -0.1) is 11.3 Å². The van der Waals surface area contributed by atoms with Gasteiger partial charge in [-0.3, -0.25) is 4.79 Å². The van der Waals surface area contributed by atoms with E-state index in [-0.39, 0.29) is 10.8 Å². The van der Waals surface area contributed by atoms with Crippen LogP contribution in [0.2, 0.25) is 0 Å². The van der Waals surface area contributed by atoms with E-state index in [0.29, 0.717) is 30.3 Å². The molecule has 0 unspecified atom stereocenters. The van der Waals surface area contributed by atoms with E-state index in [4.69, 9.17) is 4.98 Å². The number of thiazole rings is 1. The fourth-order valence-corrected chi connectivity index (χ4v) is 6.86. The van der Waals surface area contributed by atoms with Crippen LogP contribution in [0.25, 0.3) is 20.8 Å². The molecule has 0 spiro atoms. The first kappa shape index (κ1) is 22.7. The number of carbonyl (C=O) groups is 1. The molecule has 0 aliphatic carbocycles. The third-order valence-electron chi connectivity index (χ3n) is 6.07. The van der Waals surface area contributed by atoms with Crippen molar-refractivity contribution in [2.45, 2.75) is 24.7 Å². The summed E-state index contributed by atoms with van der Waals surface area (Å²) in [5.74, 6) is 0.0492. The number of para-hydroxylation sites is 2. The summed E-state index contributed by atoms with van der Waals surface area (Å²) in [6.07, 6.45) is 1.92. The largest absolute Gasteiger partial charge is 0.321 e. The second-order valence-corrected chi connectivity index (χ2v) is 11.6. The van der Waals surface area contributed by atoms with E-state index in [9.17, 15) is 13.2 Å². The van der Waals surface area contributed by atoms with Gasteiger partial charge in [-0.25, -0.2) is 13.4 Å². The maximum atomic E-state index is 13.0. The molecule has 1 aliphatic rings. The molecule has 1 N–H and O–H groups in total. The number of rotatable bonds is 5. The zero-order valence-electron chi connectivity index (χ0n) is 18.8. The first-order valence-electron chi connectivity index (χ1n) is 11.3. The van der Waals surface area contributed by atoms with Crippen LogP contribution in [0.4, 0.5) is 5.69 Å². The molecule has 0 saturated carbocycles. The molecule has 174 valence electrons. The lowest BCUT2D eigenvalue weighted by molar-refractivity contribution is 0.102. The lowest BCUT2D eigenvalue weighted by Crippen LogP contribution is -2.39. The van der Waals surface area contributed by atoms with Gasteiger partial charge in [-0.2, -0.15) is 4.31 Å². The van der Waals surface area contributed by atoms with Crippen molar-refractivity contribution in [3.63, 3.8) is 0 Å². The number of carbonyl (C=O) groups excluding carboxylic acids is 1. The molecular weight excluding hydrogens is 466 g/mol. The molecule has 1 aliphatic heterocycles. The third-order valence-corrected chi connectivity index (χ3v) is 9.02. The Morgan fingerprint density at radius 1 is 1.03 bits per heavy atom. The van der Waals surface area contributed by atoms with Gasteiger partial charge in [0.25, 0.3) is 5.91 Å². The summed E-state index contributed by atoms with van der Waals surface area (Å²) in [4.78, 5) is 17.9. The van der Waals surface area contributed by atoms with Crippen LogP contribution in [-0.4, -0.2) is 36.7 Å². The Bertz CT molecular complexity index is 1410. The van der Waals surface area contributed by atoms with E-state index < -0.39 is 10.0 Å². The number of aromatic nitrogens is 1. The van der Waals surface area contributed by atoms with Gasteiger partial charge in [-0.05, 0) is 67.3 Å². The monoisotopic (exact) mass is 491 g/mol. The standard InChI is InChI=1S/C26H25N3O3S2/c1-18-7-6-16-29(17-18)34(31,32)20-14-12-19(13-15-20)25(30)27-22-9-3-2-8-21(22)26-28-23-10-4-5-11-24(23)33-26/h2-5,8-15,18H,6-7,16-17H2,1H3,(H,27,30)/t18-/m1/s1. The molecule has 4 aromatic rings. The molecule has 1 saturated heterocycles. The normalized spacial score (nSPS) is 17.0. The number of sulfonamides is 1. The maximum absolute atomic E-state index is 13.0. The number of hydrogen-bond donors (Lipinski definition) is 1. The molecule has 1 fully saturated rings. The number of nitrogens with zero attached hydrogens (tertiary/aromatic N) is 2. The minimum absolute atomic E-state index is 0.216. The van der Waals surface area contributed by atoms with Crippen LogP contribution in [0.3, 0.4) is 0 Å². The Labute approximate surface area is 203 Å². The van der Waals surface area contributed by atoms with Crippen molar-refractivity contribution >= 4 is 43.2 Å². The van der Waals surface area contributed by atoms with Crippen molar-refractivity contribution in [1.82, 2.24) is 9.29 Å². The second-order valence-electron chi connectivity index (χ2n) is 8.62. The molecule has 8 heteroatoms. The average molecular weight is 492 g/mol. The summed E-state index contributed by atoms with van der Waals surface area (Å²) >= 11 is 1.57. The summed E-state index contributed by atoms with van der Waals surface area (Å²) in [6.45, 7) is 3.14. The maximum Gasteiger partial charge on any atom is 0.255 e. The summed E-state index contributed by atoms with van der Waals surface area (Å²) < 4.78 is 28.6. The highest BCUT2D eigenvalue weighted by molar-refractivity contribution is 7.89. The molecule has 3 aromatic carbocycles. The van der Waals surface area contributed by atoms with Crippen molar-refractivity contribution < 1.29 is 13.2 Å². The van der Waals surface area contributed by atoms with Crippen LogP contribution in [0.5, 0.6) is 0 Å². The van der Waals surface area contributed by atoms with Gasteiger partial charge >= 0.3 is 0 Å². The number of nitrogens with one attached hydrogen (secondary N) is 1. The van der Waals surface area contributed by atoms with Crippen molar-refractivity contribution in [3.8, 4) is 10.6 Å². The Balaban J connectivity index is 1.36. The average Bonchev–Trinajstić information content (AvgIpc) is 3.28. The van der Waals surface area contributed by atoms with Crippen molar-refractivity contribution in [2.24, 2.45) is 5.92 Å². The first-order chi connectivity index (χ1) is 16.4. The van der Waals surface area contributed by atoms with Gasteiger partial charge in [0.15, 0.2) is 0 Å². The SMILES string of the molecule is C[C@@H]1CCCN(S(=O)(=O)c2ccc(C(=O)Nc3ccccc3-c3nc4ccccc4s3)cc2)C1. The van der Waals surface area contributed by atoms with E-state index in [0.717, 1.165) is 33.6 Å². The molecule has 1 amide bonds. The van der Waals surface area contributed by atoms with E-state index in [2.05, 4.69) is 12.2 Å². The highest BCUT2D eigenvalue weighted by Gasteiger charge is 2.28. The lowest BCUT2D eigenvalue weighted by atomic mass is 10.0. The van der Waals surface area contributed by atoms with Crippen LogP contribution >= 0.6 is 11.3 Å². The summed E-state index contributed by atoms with van der Waals surface area (Å²) in [7, 11) is -3.56. The minimum atomic E-state index is -3.56. The molecule has 2 heterocycles. The number of hydrogen-bond acceptors (Lipinski definition) is 5. The fourth-order valence-electron chi connectivity index (χ4n) is 4.25. The van der Waals surface area contributed by atoms with Crippen LogP contribution in [-0.2, 0) is 10.0 Å². The Morgan fingerprint density at radius 2 is 1.76 bits per heavy atom. The van der Waals surface area contributed by atoms with Crippen LogP contribution in [0.15, 0.2) is 77.7 Å². The Hall–Kier alpha value is -3.07. The Morgan fingerprint density at radius 3 is 2.53 bits per heavy atom. The Kier molecular flexibility index (Phi) is 6.20. The molecule has 0 radical (unpaired) electrons. The quantitative estimate of drug-likeness (QED) is 0.392. The first-order valence-corrected chi connectivity index (χ1v) is 13.5. The summed E-state index contributed by atoms with van der Waals surface area (Å²) in [6, 6.07) is 21.6. The zero-order chi connectivity index (χ0) is 23.7. The van der Waals surface area contributed by atoms with Crippen molar-refractivity contribution in [3.05, 3.63) is 78.4 Å². The molecule has 6 nitrogen and oxygen atoms in total. The summed E-state index contributed by atoms with van der Waals surface area (Å²) in [5.41, 5.74) is 2.81. The summed E-state index contributed by atoms with van der Waals surface area (Å²) in [5, 5.41) is 3.79. The van der Waals surface area contributed by atoms with Gasteiger partial charge in [-0.1, -0.05) is 31.2 Å². The van der Waals surface area contributed by atoms with Gasteiger partial charge in [0, 0.05) is 24.2 Å². The van der Waals surface area contributed by atoms with E-state index in [1.54, 1.807) is 27.8 Å². The molecule has 34 heavy (non-hydrogen) atoms. The van der Waals surface area contributed by atoms with E-state index >= 15 is 0 Å². The number of piperidine rings is 1. The predicted molar refractivity (Wildman–Crippen MR) is 137 cm³/mol. The number of benzene rings is 3. The third kappa shape index (κ3) is 4.49. The highest BCUT2D eigenvalue weighted by atomic mass is 32.2. The molecule has 5 rings (SSSR count). The van der Waals surface area contributed by atoms with Crippen molar-refractivity contribution in [1.29, 1.82) is 0 Å². The van der Waals surface area contributed by atoms with Gasteiger partial charge in [0.1, 0.15) is 5.01 Å². The topological polar surface area (TPSA) is 79.4 Å². The lowest BCUT2D eigenvalue weighted by Gasteiger charge is -2.30. The van der Waals surface area contributed by atoms with E-state index in [1.807, 2.05) is 48.5 Å². The van der Waals surface area contributed by atoms with Crippen LogP contribution in [0.1, 0.15) is 30.1 Å². The number of amides is 1. The molecule has 1 atom stereocenters. The fraction of sp³-hybridized carbons (Fsp3) is 0.231. The molecule has 0 bridgehead atoms. The highest BCUT2D eigenvalue weighted by Crippen LogP contribution is 2.34. The van der Waals surface area contributed by atoms with Crippen LogP contribution < -0.4 is 5.32 Å².